The van der Waals surface area contributed by atoms with Crippen molar-refractivity contribution >= 4 is 0 Å². The van der Waals surface area contributed by atoms with E-state index >= 15 is 0 Å². The molecule has 1 heterocycles. The van der Waals surface area contributed by atoms with E-state index in [-0.39, 0.29) is 6.61 Å². The smallest absolute Gasteiger partial charge is 0.0666 e. The molecule has 2 aromatic rings. The SMILES string of the molecule is CCc1nn(C)cc1CN(CCO)Cc1ccccc1. The van der Waals surface area contributed by atoms with Crippen LogP contribution in [0.3, 0.4) is 0 Å². The first-order chi connectivity index (χ1) is 9.72. The van der Waals surface area contributed by atoms with Crippen molar-refractivity contribution in [2.45, 2.75) is 26.4 Å². The van der Waals surface area contributed by atoms with Gasteiger partial charge in [-0.15, -0.1) is 0 Å². The van der Waals surface area contributed by atoms with Crippen LogP contribution < -0.4 is 0 Å². The molecule has 0 aliphatic heterocycles. The third-order valence-corrected chi connectivity index (χ3v) is 3.39. The maximum atomic E-state index is 9.26. The third-order valence-electron chi connectivity index (χ3n) is 3.39. The standard InChI is InChI=1S/C16H23N3O/c1-3-16-15(12-18(2)17-16)13-19(9-10-20)11-14-7-5-4-6-8-14/h4-8,12,20H,3,9-11,13H2,1-2H3. The number of hydrogen-bond acceptors (Lipinski definition) is 3. The van der Waals surface area contributed by atoms with Crippen LogP contribution in [0.4, 0.5) is 0 Å². The molecule has 20 heavy (non-hydrogen) atoms. The zero-order chi connectivity index (χ0) is 14.4. The molecule has 0 bridgehead atoms. The van der Waals surface area contributed by atoms with Gasteiger partial charge in [0.25, 0.3) is 0 Å². The van der Waals surface area contributed by atoms with Gasteiger partial charge in [0.15, 0.2) is 0 Å². The summed E-state index contributed by atoms with van der Waals surface area (Å²) in [4.78, 5) is 2.26. The van der Waals surface area contributed by atoms with Gasteiger partial charge < -0.3 is 5.11 Å². The van der Waals surface area contributed by atoms with E-state index in [1.165, 1.54) is 11.1 Å². The second-order valence-electron chi connectivity index (χ2n) is 5.05. The number of aryl methyl sites for hydroxylation is 2. The maximum absolute atomic E-state index is 9.26. The molecular weight excluding hydrogens is 250 g/mol. The fourth-order valence-electron chi connectivity index (χ4n) is 2.45. The minimum absolute atomic E-state index is 0.175. The monoisotopic (exact) mass is 273 g/mol. The van der Waals surface area contributed by atoms with Crippen molar-refractivity contribution in [1.82, 2.24) is 14.7 Å². The fourth-order valence-corrected chi connectivity index (χ4v) is 2.45. The molecule has 0 radical (unpaired) electrons. The van der Waals surface area contributed by atoms with Gasteiger partial charge in [-0.25, -0.2) is 0 Å². The summed E-state index contributed by atoms with van der Waals surface area (Å²) in [7, 11) is 1.95. The Bertz CT molecular complexity index is 522. The Labute approximate surface area is 120 Å². The zero-order valence-corrected chi connectivity index (χ0v) is 12.3. The van der Waals surface area contributed by atoms with E-state index in [1.807, 2.05) is 29.9 Å². The molecule has 0 atom stereocenters. The van der Waals surface area contributed by atoms with Gasteiger partial charge in [0.05, 0.1) is 12.3 Å². The average Bonchev–Trinajstić information content (AvgIpc) is 2.80. The first-order valence-electron chi connectivity index (χ1n) is 7.11. The van der Waals surface area contributed by atoms with Crippen LogP contribution in [0, 0.1) is 0 Å². The molecule has 1 aromatic heterocycles. The van der Waals surface area contributed by atoms with Gasteiger partial charge in [0.1, 0.15) is 0 Å². The number of aromatic nitrogens is 2. The third kappa shape index (κ3) is 3.92. The lowest BCUT2D eigenvalue weighted by molar-refractivity contribution is 0.184. The summed E-state index contributed by atoms with van der Waals surface area (Å²) in [6.07, 6.45) is 3.02. The molecule has 0 spiro atoms. The summed E-state index contributed by atoms with van der Waals surface area (Å²) in [5, 5.41) is 13.7. The molecule has 2 rings (SSSR count). The number of benzene rings is 1. The first-order valence-corrected chi connectivity index (χ1v) is 7.11. The van der Waals surface area contributed by atoms with E-state index in [0.717, 1.165) is 25.2 Å². The first kappa shape index (κ1) is 14.8. The number of aliphatic hydroxyl groups excluding tert-OH is 1. The van der Waals surface area contributed by atoms with Crippen LogP contribution in [-0.4, -0.2) is 32.9 Å². The van der Waals surface area contributed by atoms with E-state index in [2.05, 4.69) is 35.3 Å². The van der Waals surface area contributed by atoms with E-state index in [1.54, 1.807) is 0 Å². The highest BCUT2D eigenvalue weighted by molar-refractivity contribution is 5.18. The predicted molar refractivity (Wildman–Crippen MR) is 80.2 cm³/mol. The second-order valence-corrected chi connectivity index (χ2v) is 5.05. The van der Waals surface area contributed by atoms with E-state index < -0.39 is 0 Å². The molecule has 108 valence electrons. The molecule has 0 saturated carbocycles. The predicted octanol–water partition coefficient (Wildman–Crippen LogP) is 1.98. The van der Waals surface area contributed by atoms with Crippen molar-refractivity contribution in [1.29, 1.82) is 0 Å². The Balaban J connectivity index is 2.08. The minimum Gasteiger partial charge on any atom is -0.395 e. The lowest BCUT2D eigenvalue weighted by atomic mass is 10.1. The molecule has 0 aliphatic rings. The van der Waals surface area contributed by atoms with Gasteiger partial charge in [0.2, 0.25) is 0 Å². The maximum Gasteiger partial charge on any atom is 0.0666 e. The average molecular weight is 273 g/mol. The zero-order valence-electron chi connectivity index (χ0n) is 12.3. The quantitative estimate of drug-likeness (QED) is 0.838. The van der Waals surface area contributed by atoms with Gasteiger partial charge in [-0.1, -0.05) is 37.3 Å². The van der Waals surface area contributed by atoms with Crippen LogP contribution in [-0.2, 0) is 26.6 Å². The number of nitrogens with zero attached hydrogens (tertiary/aromatic N) is 3. The lowest BCUT2D eigenvalue weighted by Gasteiger charge is -2.21. The topological polar surface area (TPSA) is 41.3 Å². The molecule has 0 aliphatic carbocycles. The molecule has 1 N–H and O–H groups in total. The molecule has 4 heteroatoms. The van der Waals surface area contributed by atoms with E-state index in [9.17, 15) is 5.11 Å². The largest absolute Gasteiger partial charge is 0.395 e. The normalized spacial score (nSPS) is 11.2. The highest BCUT2D eigenvalue weighted by Crippen LogP contribution is 2.13. The molecular formula is C16H23N3O. The molecule has 4 nitrogen and oxygen atoms in total. The van der Waals surface area contributed by atoms with Crippen LogP contribution in [0.2, 0.25) is 0 Å². The van der Waals surface area contributed by atoms with Crippen LogP contribution in [0.5, 0.6) is 0 Å². The van der Waals surface area contributed by atoms with Crippen molar-refractivity contribution in [2.75, 3.05) is 13.2 Å². The van der Waals surface area contributed by atoms with Gasteiger partial charge in [-0.05, 0) is 12.0 Å². The number of rotatable bonds is 7. The van der Waals surface area contributed by atoms with Crippen molar-refractivity contribution in [3.8, 4) is 0 Å². The van der Waals surface area contributed by atoms with Gasteiger partial charge in [-0.2, -0.15) is 5.10 Å². The van der Waals surface area contributed by atoms with Crippen molar-refractivity contribution in [3.63, 3.8) is 0 Å². The second kappa shape index (κ2) is 7.22. The van der Waals surface area contributed by atoms with Crippen LogP contribution in [0.25, 0.3) is 0 Å². The van der Waals surface area contributed by atoms with Crippen LogP contribution in [0.15, 0.2) is 36.5 Å². The minimum atomic E-state index is 0.175. The summed E-state index contributed by atoms with van der Waals surface area (Å²) in [6.45, 7) is 4.65. The Morgan fingerprint density at radius 3 is 2.60 bits per heavy atom. The van der Waals surface area contributed by atoms with Crippen molar-refractivity contribution < 1.29 is 5.11 Å². The Hall–Kier alpha value is -1.65. The Morgan fingerprint density at radius 2 is 1.95 bits per heavy atom. The van der Waals surface area contributed by atoms with Crippen molar-refractivity contribution in [2.24, 2.45) is 7.05 Å². The highest BCUT2D eigenvalue weighted by Gasteiger charge is 2.11. The van der Waals surface area contributed by atoms with E-state index in [4.69, 9.17) is 0 Å². The summed E-state index contributed by atoms with van der Waals surface area (Å²) in [5.74, 6) is 0. The highest BCUT2D eigenvalue weighted by atomic mass is 16.3. The molecule has 0 unspecified atom stereocenters. The summed E-state index contributed by atoms with van der Waals surface area (Å²) >= 11 is 0. The van der Waals surface area contributed by atoms with Gasteiger partial charge in [0, 0.05) is 38.4 Å². The number of hydrogen-bond donors (Lipinski definition) is 1. The van der Waals surface area contributed by atoms with Crippen LogP contribution in [0.1, 0.15) is 23.7 Å². The summed E-state index contributed by atoms with van der Waals surface area (Å²) in [6, 6.07) is 10.4. The van der Waals surface area contributed by atoms with Gasteiger partial charge in [-0.3, -0.25) is 9.58 Å². The molecule has 0 fully saturated rings. The van der Waals surface area contributed by atoms with Gasteiger partial charge >= 0.3 is 0 Å². The summed E-state index contributed by atoms with van der Waals surface area (Å²) < 4.78 is 1.87. The molecule has 1 aromatic carbocycles. The van der Waals surface area contributed by atoms with Crippen molar-refractivity contribution in [3.05, 3.63) is 53.3 Å². The molecule has 0 amide bonds. The summed E-state index contributed by atoms with van der Waals surface area (Å²) in [5.41, 5.74) is 3.66. The lowest BCUT2D eigenvalue weighted by Crippen LogP contribution is -2.26. The van der Waals surface area contributed by atoms with E-state index in [0.29, 0.717) is 6.54 Å². The Kier molecular flexibility index (Phi) is 5.32. The number of aliphatic hydroxyl groups is 1. The fraction of sp³-hybridized carbons (Fsp3) is 0.438. The Morgan fingerprint density at radius 1 is 1.20 bits per heavy atom. The van der Waals surface area contributed by atoms with Crippen LogP contribution >= 0.6 is 0 Å². The molecule has 0 saturated heterocycles.